The van der Waals surface area contributed by atoms with Crippen LogP contribution in [0, 0.1) is 11.7 Å². The van der Waals surface area contributed by atoms with E-state index in [0.717, 1.165) is 38.0 Å². The van der Waals surface area contributed by atoms with Crippen molar-refractivity contribution < 1.29 is 9.50 Å². The van der Waals surface area contributed by atoms with Crippen LogP contribution >= 0.6 is 15.9 Å². The maximum absolute atomic E-state index is 13.4. The van der Waals surface area contributed by atoms with Crippen molar-refractivity contribution in [1.29, 1.82) is 0 Å². The third-order valence-electron chi connectivity index (χ3n) is 3.25. The van der Waals surface area contributed by atoms with E-state index >= 15 is 0 Å². The zero-order chi connectivity index (χ0) is 12.3. The summed E-state index contributed by atoms with van der Waals surface area (Å²) in [6, 6.07) is 5.26. The predicted molar refractivity (Wildman–Crippen MR) is 69.2 cm³/mol. The number of aliphatic hydroxyl groups is 1. The molecule has 1 unspecified atom stereocenters. The van der Waals surface area contributed by atoms with Gasteiger partial charge in [-0.05, 0) is 58.9 Å². The van der Waals surface area contributed by atoms with Gasteiger partial charge in [0.25, 0.3) is 0 Å². The third kappa shape index (κ3) is 3.50. The van der Waals surface area contributed by atoms with E-state index in [1.807, 2.05) is 6.07 Å². The summed E-state index contributed by atoms with van der Waals surface area (Å²) in [6.45, 7) is 2.97. The van der Waals surface area contributed by atoms with Crippen LogP contribution in [0.25, 0.3) is 0 Å². The molecule has 1 aliphatic heterocycles. The molecule has 0 radical (unpaired) electrons. The van der Waals surface area contributed by atoms with E-state index in [9.17, 15) is 4.39 Å². The van der Waals surface area contributed by atoms with Crippen molar-refractivity contribution in [3.63, 3.8) is 0 Å². The van der Waals surface area contributed by atoms with E-state index in [0.29, 0.717) is 10.4 Å². The molecule has 0 aliphatic carbocycles. The second-order valence-corrected chi connectivity index (χ2v) is 5.53. The highest BCUT2D eigenvalue weighted by Crippen LogP contribution is 2.20. The summed E-state index contributed by atoms with van der Waals surface area (Å²) in [5.41, 5.74) is 0.990. The fourth-order valence-corrected chi connectivity index (χ4v) is 2.59. The number of rotatable bonds is 3. The molecular weight excluding hydrogens is 285 g/mol. The highest BCUT2D eigenvalue weighted by molar-refractivity contribution is 9.10. The van der Waals surface area contributed by atoms with Gasteiger partial charge in [0.15, 0.2) is 0 Å². The molecule has 17 heavy (non-hydrogen) atoms. The second kappa shape index (κ2) is 5.94. The van der Waals surface area contributed by atoms with Gasteiger partial charge in [0, 0.05) is 19.7 Å². The Kier molecular flexibility index (Phi) is 4.54. The molecule has 1 fully saturated rings. The van der Waals surface area contributed by atoms with E-state index in [2.05, 4.69) is 20.8 Å². The fourth-order valence-electron chi connectivity index (χ4n) is 2.34. The lowest BCUT2D eigenvalue weighted by Gasteiger charge is -2.31. The molecule has 1 heterocycles. The first kappa shape index (κ1) is 13.0. The first-order valence-corrected chi connectivity index (χ1v) is 6.75. The Morgan fingerprint density at radius 2 is 2.29 bits per heavy atom. The predicted octanol–water partition coefficient (Wildman–Crippen LogP) is 2.79. The number of aliphatic hydroxyl groups excluding tert-OH is 1. The van der Waals surface area contributed by atoms with Crippen molar-refractivity contribution in [2.45, 2.75) is 19.4 Å². The van der Waals surface area contributed by atoms with Crippen molar-refractivity contribution in [3.05, 3.63) is 34.1 Å². The van der Waals surface area contributed by atoms with Crippen LogP contribution < -0.4 is 0 Å². The molecule has 2 rings (SSSR count). The highest BCUT2D eigenvalue weighted by Gasteiger charge is 2.19. The van der Waals surface area contributed by atoms with Crippen LogP contribution in [0.3, 0.4) is 0 Å². The van der Waals surface area contributed by atoms with Crippen LogP contribution in [0.2, 0.25) is 0 Å². The summed E-state index contributed by atoms with van der Waals surface area (Å²) >= 11 is 3.15. The minimum Gasteiger partial charge on any atom is -0.396 e. The molecule has 0 saturated carbocycles. The minimum absolute atomic E-state index is 0.210. The van der Waals surface area contributed by atoms with Crippen molar-refractivity contribution in [2.75, 3.05) is 19.7 Å². The molecule has 0 aromatic heterocycles. The Bertz CT molecular complexity index is 386. The van der Waals surface area contributed by atoms with Gasteiger partial charge in [0.1, 0.15) is 5.82 Å². The Morgan fingerprint density at radius 3 is 3.00 bits per heavy atom. The summed E-state index contributed by atoms with van der Waals surface area (Å²) in [7, 11) is 0. The molecule has 1 aliphatic rings. The number of nitrogens with zero attached hydrogens (tertiary/aromatic N) is 1. The monoisotopic (exact) mass is 301 g/mol. The van der Waals surface area contributed by atoms with Gasteiger partial charge >= 0.3 is 0 Å². The third-order valence-corrected chi connectivity index (χ3v) is 3.89. The Hall–Kier alpha value is -0.450. The van der Waals surface area contributed by atoms with Gasteiger partial charge in [-0.2, -0.15) is 0 Å². The summed E-state index contributed by atoms with van der Waals surface area (Å²) in [4.78, 5) is 2.28. The van der Waals surface area contributed by atoms with E-state index < -0.39 is 0 Å². The SMILES string of the molecule is OCC1CCCN(Cc2ccc(Br)c(F)c2)C1. The zero-order valence-electron chi connectivity index (χ0n) is 9.70. The van der Waals surface area contributed by atoms with Gasteiger partial charge < -0.3 is 5.11 Å². The topological polar surface area (TPSA) is 23.5 Å². The van der Waals surface area contributed by atoms with Gasteiger partial charge in [-0.3, -0.25) is 4.90 Å². The van der Waals surface area contributed by atoms with Crippen LogP contribution in [0.5, 0.6) is 0 Å². The number of halogens is 2. The fraction of sp³-hybridized carbons (Fsp3) is 0.538. The summed E-state index contributed by atoms with van der Waals surface area (Å²) in [5, 5.41) is 9.16. The number of benzene rings is 1. The molecule has 1 saturated heterocycles. The van der Waals surface area contributed by atoms with E-state index in [1.165, 1.54) is 0 Å². The van der Waals surface area contributed by atoms with Crippen molar-refractivity contribution in [2.24, 2.45) is 5.92 Å². The normalized spacial score (nSPS) is 21.7. The largest absolute Gasteiger partial charge is 0.396 e. The van der Waals surface area contributed by atoms with Gasteiger partial charge in [0.05, 0.1) is 4.47 Å². The van der Waals surface area contributed by atoms with Gasteiger partial charge in [-0.1, -0.05) is 6.07 Å². The number of hydrogen-bond acceptors (Lipinski definition) is 2. The summed E-state index contributed by atoms with van der Waals surface area (Å²) < 4.78 is 13.9. The quantitative estimate of drug-likeness (QED) is 0.928. The first-order chi connectivity index (χ1) is 8.19. The molecule has 1 N–H and O–H groups in total. The molecule has 2 nitrogen and oxygen atoms in total. The Labute approximate surface area is 110 Å². The molecule has 0 bridgehead atoms. The van der Waals surface area contributed by atoms with Crippen molar-refractivity contribution in [3.8, 4) is 0 Å². The molecule has 1 aromatic rings. The molecule has 94 valence electrons. The van der Waals surface area contributed by atoms with Crippen molar-refractivity contribution >= 4 is 15.9 Å². The molecule has 1 aromatic carbocycles. The lowest BCUT2D eigenvalue weighted by atomic mass is 9.98. The average molecular weight is 302 g/mol. The highest BCUT2D eigenvalue weighted by atomic mass is 79.9. The second-order valence-electron chi connectivity index (χ2n) is 4.67. The van der Waals surface area contributed by atoms with E-state index in [4.69, 9.17) is 5.11 Å². The lowest BCUT2D eigenvalue weighted by Crippen LogP contribution is -2.36. The van der Waals surface area contributed by atoms with Crippen LogP contribution in [0.4, 0.5) is 4.39 Å². The molecular formula is C13H17BrFNO. The standard InChI is InChI=1S/C13H17BrFNO/c14-12-4-3-10(6-13(12)15)7-16-5-1-2-11(8-16)9-17/h3-4,6,11,17H,1-2,5,7-9H2. The Morgan fingerprint density at radius 1 is 1.47 bits per heavy atom. The van der Waals surface area contributed by atoms with Crippen LogP contribution in [0.1, 0.15) is 18.4 Å². The average Bonchev–Trinajstić information content (AvgIpc) is 2.34. The number of piperidine rings is 1. The molecule has 0 amide bonds. The lowest BCUT2D eigenvalue weighted by molar-refractivity contribution is 0.116. The minimum atomic E-state index is -0.210. The van der Waals surface area contributed by atoms with Gasteiger partial charge in [-0.25, -0.2) is 4.39 Å². The van der Waals surface area contributed by atoms with Crippen LogP contribution in [-0.2, 0) is 6.54 Å². The summed E-state index contributed by atoms with van der Waals surface area (Å²) in [5.74, 6) is 0.169. The van der Waals surface area contributed by atoms with E-state index in [-0.39, 0.29) is 12.4 Å². The number of likely N-dealkylation sites (tertiary alicyclic amines) is 1. The molecule has 0 spiro atoms. The first-order valence-electron chi connectivity index (χ1n) is 5.96. The zero-order valence-corrected chi connectivity index (χ0v) is 11.3. The van der Waals surface area contributed by atoms with Crippen LogP contribution in [-0.4, -0.2) is 29.7 Å². The van der Waals surface area contributed by atoms with Crippen LogP contribution in [0.15, 0.2) is 22.7 Å². The smallest absolute Gasteiger partial charge is 0.137 e. The van der Waals surface area contributed by atoms with Crippen molar-refractivity contribution in [1.82, 2.24) is 4.90 Å². The van der Waals surface area contributed by atoms with Gasteiger partial charge in [-0.15, -0.1) is 0 Å². The number of hydrogen-bond donors (Lipinski definition) is 1. The van der Waals surface area contributed by atoms with E-state index in [1.54, 1.807) is 12.1 Å². The molecule has 1 atom stereocenters. The maximum atomic E-state index is 13.4. The van der Waals surface area contributed by atoms with Gasteiger partial charge in [0.2, 0.25) is 0 Å². The Balaban J connectivity index is 1.97. The molecule has 4 heteroatoms. The maximum Gasteiger partial charge on any atom is 0.137 e. The summed E-state index contributed by atoms with van der Waals surface area (Å²) in [6.07, 6.45) is 2.21.